The SMILES string of the molecule is COc1cc2c(Nc3ccc(C#N)c(C(F)(F)F)c3)ncnc2cc1OCCCC1NCCc2ccccc21. The molecule has 0 amide bonds. The molecule has 1 aromatic heterocycles. The van der Waals surface area contributed by atoms with Crippen LogP contribution in [0.15, 0.2) is 60.9 Å². The Morgan fingerprint density at radius 1 is 1.10 bits per heavy atom. The number of nitriles is 1. The van der Waals surface area contributed by atoms with Gasteiger partial charge in [-0.25, -0.2) is 9.97 Å². The number of nitrogens with one attached hydrogen (secondary N) is 2. The van der Waals surface area contributed by atoms with Crippen molar-refractivity contribution in [2.45, 2.75) is 31.5 Å². The number of rotatable bonds is 8. The molecule has 10 heteroatoms. The van der Waals surface area contributed by atoms with E-state index in [-0.39, 0.29) is 5.69 Å². The zero-order chi connectivity index (χ0) is 27.4. The van der Waals surface area contributed by atoms with Gasteiger partial charge in [0.05, 0.1) is 36.4 Å². The predicted octanol–water partition coefficient (Wildman–Crippen LogP) is 6.32. The summed E-state index contributed by atoms with van der Waals surface area (Å²) in [4.78, 5) is 8.53. The maximum atomic E-state index is 13.4. The van der Waals surface area contributed by atoms with Crippen LogP contribution in [0.3, 0.4) is 0 Å². The molecule has 39 heavy (non-hydrogen) atoms. The van der Waals surface area contributed by atoms with Crippen molar-refractivity contribution in [3.63, 3.8) is 0 Å². The Morgan fingerprint density at radius 2 is 1.95 bits per heavy atom. The summed E-state index contributed by atoms with van der Waals surface area (Å²) in [5.74, 6) is 1.27. The van der Waals surface area contributed by atoms with Gasteiger partial charge >= 0.3 is 6.18 Å². The van der Waals surface area contributed by atoms with E-state index >= 15 is 0 Å². The molecule has 1 atom stereocenters. The molecule has 200 valence electrons. The average Bonchev–Trinajstić information content (AvgIpc) is 2.94. The molecule has 0 aliphatic carbocycles. The molecule has 1 aliphatic heterocycles. The van der Waals surface area contributed by atoms with Crippen molar-refractivity contribution in [2.75, 3.05) is 25.6 Å². The summed E-state index contributed by atoms with van der Waals surface area (Å²) < 4.78 is 51.8. The molecule has 0 spiro atoms. The lowest BCUT2D eigenvalue weighted by atomic mass is 9.92. The number of ether oxygens (including phenoxy) is 2. The number of halogens is 3. The summed E-state index contributed by atoms with van der Waals surface area (Å²) in [6.07, 6.45) is -0.563. The molecule has 3 aromatic carbocycles. The molecule has 0 radical (unpaired) electrons. The fraction of sp³-hybridized carbons (Fsp3) is 0.276. The first-order valence-corrected chi connectivity index (χ1v) is 12.5. The Balaban J connectivity index is 1.32. The average molecular weight is 534 g/mol. The van der Waals surface area contributed by atoms with Crippen molar-refractivity contribution in [3.05, 3.63) is 83.2 Å². The topological polar surface area (TPSA) is 92.1 Å². The first-order chi connectivity index (χ1) is 18.9. The number of anilines is 2. The van der Waals surface area contributed by atoms with Gasteiger partial charge in [-0.05, 0) is 61.2 Å². The largest absolute Gasteiger partial charge is 0.493 e. The van der Waals surface area contributed by atoms with E-state index < -0.39 is 17.3 Å². The lowest BCUT2D eigenvalue weighted by Crippen LogP contribution is -2.30. The molecular formula is C29H26F3N5O2. The van der Waals surface area contributed by atoms with Crippen LogP contribution in [-0.4, -0.2) is 30.2 Å². The minimum atomic E-state index is -4.66. The van der Waals surface area contributed by atoms with Crippen LogP contribution in [0.1, 0.15) is 41.1 Å². The van der Waals surface area contributed by atoms with Crippen LogP contribution in [0.4, 0.5) is 24.7 Å². The summed E-state index contributed by atoms with van der Waals surface area (Å²) in [6.45, 7) is 1.43. The second-order valence-electron chi connectivity index (χ2n) is 9.18. The molecule has 0 saturated heterocycles. The van der Waals surface area contributed by atoms with Crippen molar-refractivity contribution < 1.29 is 22.6 Å². The zero-order valence-corrected chi connectivity index (χ0v) is 21.2. The normalized spacial score (nSPS) is 14.9. The quantitative estimate of drug-likeness (QED) is 0.256. The van der Waals surface area contributed by atoms with E-state index in [4.69, 9.17) is 14.7 Å². The Morgan fingerprint density at radius 3 is 2.74 bits per heavy atom. The molecule has 2 N–H and O–H groups in total. The van der Waals surface area contributed by atoms with Gasteiger partial charge in [-0.1, -0.05) is 24.3 Å². The Kier molecular flexibility index (Phi) is 7.52. The second-order valence-corrected chi connectivity index (χ2v) is 9.18. The van der Waals surface area contributed by atoms with Gasteiger partial charge in [0, 0.05) is 23.2 Å². The highest BCUT2D eigenvalue weighted by atomic mass is 19.4. The Labute approximate surface area is 223 Å². The predicted molar refractivity (Wildman–Crippen MR) is 141 cm³/mol. The van der Waals surface area contributed by atoms with Crippen LogP contribution in [0.2, 0.25) is 0 Å². The van der Waals surface area contributed by atoms with Crippen LogP contribution < -0.4 is 20.1 Å². The number of benzene rings is 3. The number of alkyl halides is 3. The van der Waals surface area contributed by atoms with Crippen molar-refractivity contribution in [1.29, 1.82) is 5.26 Å². The number of hydrogen-bond acceptors (Lipinski definition) is 7. The maximum absolute atomic E-state index is 13.4. The molecule has 0 fully saturated rings. The van der Waals surface area contributed by atoms with E-state index in [2.05, 4.69) is 44.9 Å². The van der Waals surface area contributed by atoms with Gasteiger partial charge in [0.2, 0.25) is 0 Å². The van der Waals surface area contributed by atoms with Crippen molar-refractivity contribution in [3.8, 4) is 17.6 Å². The minimum Gasteiger partial charge on any atom is -0.493 e. The number of methoxy groups -OCH3 is 1. The Hall–Kier alpha value is -4.36. The molecule has 4 aromatic rings. The monoisotopic (exact) mass is 533 g/mol. The molecule has 1 aliphatic rings. The van der Waals surface area contributed by atoms with Gasteiger partial charge in [0.1, 0.15) is 12.1 Å². The molecule has 7 nitrogen and oxygen atoms in total. The standard InChI is InChI=1S/C29H26F3N5O2/c1-38-26-14-22-25(15-27(26)39-12-4-7-24-21-6-3-2-5-18(21)10-11-34-24)35-17-36-28(22)37-20-9-8-19(16-33)23(13-20)29(30,31)32/h2-3,5-6,8-9,13-15,17,24,34H,4,7,10-12H2,1H3,(H,35,36,37). The summed E-state index contributed by atoms with van der Waals surface area (Å²) in [7, 11) is 1.52. The third kappa shape index (κ3) is 5.73. The van der Waals surface area contributed by atoms with Crippen LogP contribution in [0.5, 0.6) is 11.5 Å². The smallest absolute Gasteiger partial charge is 0.417 e. The van der Waals surface area contributed by atoms with Crippen molar-refractivity contribution in [1.82, 2.24) is 15.3 Å². The second kappa shape index (κ2) is 11.2. The van der Waals surface area contributed by atoms with E-state index in [1.807, 2.05) is 0 Å². The number of aromatic nitrogens is 2. The molecular weight excluding hydrogens is 507 g/mol. The third-order valence-corrected chi connectivity index (χ3v) is 6.74. The molecule has 1 unspecified atom stereocenters. The number of fused-ring (bicyclic) bond motifs is 2. The van der Waals surface area contributed by atoms with Crippen molar-refractivity contribution >= 4 is 22.4 Å². The first kappa shape index (κ1) is 26.3. The highest BCUT2D eigenvalue weighted by molar-refractivity contribution is 5.93. The van der Waals surface area contributed by atoms with Crippen LogP contribution >= 0.6 is 0 Å². The van der Waals surface area contributed by atoms with E-state index in [0.29, 0.717) is 40.9 Å². The lowest BCUT2D eigenvalue weighted by molar-refractivity contribution is -0.137. The number of hydrogen-bond donors (Lipinski definition) is 2. The van der Waals surface area contributed by atoms with E-state index in [1.165, 1.54) is 30.6 Å². The Bertz CT molecular complexity index is 1530. The van der Waals surface area contributed by atoms with Gasteiger partial charge in [-0.2, -0.15) is 18.4 Å². The summed E-state index contributed by atoms with van der Waals surface area (Å²) in [5, 5.41) is 16.1. The molecule has 2 heterocycles. The van der Waals surface area contributed by atoms with Gasteiger partial charge in [-0.15, -0.1) is 0 Å². The van der Waals surface area contributed by atoms with Crippen LogP contribution in [0, 0.1) is 11.3 Å². The van der Waals surface area contributed by atoms with Crippen LogP contribution in [0.25, 0.3) is 10.9 Å². The maximum Gasteiger partial charge on any atom is 0.417 e. The van der Waals surface area contributed by atoms with Crippen molar-refractivity contribution in [2.24, 2.45) is 0 Å². The highest BCUT2D eigenvalue weighted by Gasteiger charge is 2.34. The fourth-order valence-corrected chi connectivity index (χ4v) is 4.85. The van der Waals surface area contributed by atoms with E-state index in [9.17, 15) is 13.2 Å². The van der Waals surface area contributed by atoms with Gasteiger partial charge in [0.25, 0.3) is 0 Å². The van der Waals surface area contributed by atoms with Gasteiger partial charge in [0.15, 0.2) is 11.5 Å². The minimum absolute atomic E-state index is 0.138. The third-order valence-electron chi connectivity index (χ3n) is 6.74. The summed E-state index contributed by atoms with van der Waals surface area (Å²) in [6, 6.07) is 17.2. The molecule has 5 rings (SSSR count). The van der Waals surface area contributed by atoms with Crippen LogP contribution in [-0.2, 0) is 12.6 Å². The first-order valence-electron chi connectivity index (χ1n) is 12.5. The number of nitrogens with zero attached hydrogens (tertiary/aromatic N) is 3. The zero-order valence-electron chi connectivity index (χ0n) is 21.2. The highest BCUT2D eigenvalue weighted by Crippen LogP contribution is 2.37. The lowest BCUT2D eigenvalue weighted by Gasteiger charge is -2.27. The fourth-order valence-electron chi connectivity index (χ4n) is 4.85. The van der Waals surface area contributed by atoms with E-state index in [0.717, 1.165) is 37.9 Å². The summed E-state index contributed by atoms with van der Waals surface area (Å²) >= 11 is 0. The van der Waals surface area contributed by atoms with Gasteiger partial charge < -0.3 is 20.1 Å². The summed E-state index contributed by atoms with van der Waals surface area (Å²) in [5.41, 5.74) is 1.93. The van der Waals surface area contributed by atoms with Gasteiger partial charge in [-0.3, -0.25) is 0 Å². The molecule has 0 saturated carbocycles. The molecule has 0 bridgehead atoms. The van der Waals surface area contributed by atoms with E-state index in [1.54, 1.807) is 18.2 Å².